The summed E-state index contributed by atoms with van der Waals surface area (Å²) in [5, 5.41) is 14.6. The lowest BCUT2D eigenvalue weighted by Gasteiger charge is -2.30. The maximum atomic E-state index is 11.7. The third-order valence-corrected chi connectivity index (χ3v) is 6.60. The Kier molecular flexibility index (Phi) is 6.73. The smallest absolute Gasteiger partial charge is 0.412 e. The molecule has 4 aromatic rings. The zero-order valence-corrected chi connectivity index (χ0v) is 21.5. The number of fused-ring (bicyclic) bond motifs is 1. The van der Waals surface area contributed by atoms with Crippen LogP contribution in [0.1, 0.15) is 52.3 Å². The third-order valence-electron chi connectivity index (χ3n) is 6.60. The molecule has 10 heteroatoms. The molecule has 1 saturated heterocycles. The van der Waals surface area contributed by atoms with Gasteiger partial charge in [-0.2, -0.15) is 4.98 Å². The number of hydrogen-bond donors (Lipinski definition) is 1. The van der Waals surface area contributed by atoms with Crippen LogP contribution in [-0.4, -0.2) is 56.1 Å². The maximum absolute atomic E-state index is 11.7. The summed E-state index contributed by atoms with van der Waals surface area (Å²) in [5.41, 5.74) is 1.60. The Balaban J connectivity index is 1.23. The van der Waals surface area contributed by atoms with E-state index >= 15 is 0 Å². The van der Waals surface area contributed by atoms with Crippen molar-refractivity contribution in [3.8, 4) is 11.6 Å². The molecule has 0 aliphatic carbocycles. The second kappa shape index (κ2) is 10.1. The highest BCUT2D eigenvalue weighted by Gasteiger charge is 2.25. The number of aromatic nitrogens is 4. The summed E-state index contributed by atoms with van der Waals surface area (Å²) in [7, 11) is 0. The summed E-state index contributed by atoms with van der Waals surface area (Å²) in [6.45, 7) is 9.40. The first-order valence-corrected chi connectivity index (χ1v) is 12.6. The number of rotatable bonds is 7. The van der Waals surface area contributed by atoms with Crippen LogP contribution in [0.15, 0.2) is 53.3 Å². The molecular weight excluding hydrogens is 472 g/mol. The molecule has 37 heavy (non-hydrogen) atoms. The molecule has 1 aliphatic rings. The Morgan fingerprint density at radius 2 is 1.92 bits per heavy atom. The molecule has 0 bridgehead atoms. The van der Waals surface area contributed by atoms with Crippen LogP contribution >= 0.6 is 0 Å². The third kappa shape index (κ3) is 5.09. The van der Waals surface area contributed by atoms with Crippen molar-refractivity contribution in [2.75, 3.05) is 22.9 Å². The van der Waals surface area contributed by atoms with E-state index in [9.17, 15) is 9.90 Å². The predicted molar refractivity (Wildman–Crippen MR) is 141 cm³/mol. The summed E-state index contributed by atoms with van der Waals surface area (Å²) in [6.07, 6.45) is 4.53. The minimum Gasteiger partial charge on any atom is -0.489 e. The van der Waals surface area contributed by atoms with Gasteiger partial charge in [-0.15, -0.1) is 0 Å². The van der Waals surface area contributed by atoms with Gasteiger partial charge in [0.15, 0.2) is 5.82 Å². The molecule has 3 aromatic heterocycles. The molecule has 1 amide bonds. The normalized spacial score (nSPS) is 14.6. The number of piperidine rings is 1. The van der Waals surface area contributed by atoms with E-state index in [4.69, 9.17) is 9.26 Å². The first-order valence-electron chi connectivity index (χ1n) is 12.6. The second-order valence-electron chi connectivity index (χ2n) is 9.92. The van der Waals surface area contributed by atoms with Crippen LogP contribution in [-0.2, 0) is 0 Å². The summed E-state index contributed by atoms with van der Waals surface area (Å²) < 4.78 is 13.6. The van der Waals surface area contributed by atoms with Gasteiger partial charge in [0.2, 0.25) is 0 Å². The van der Waals surface area contributed by atoms with Gasteiger partial charge in [-0.25, -0.2) is 9.78 Å². The number of nitrogens with zero attached hydrogens (tertiary/aromatic N) is 6. The monoisotopic (exact) mass is 504 g/mol. The topological polar surface area (TPSA) is 110 Å². The number of hydrogen-bond acceptors (Lipinski definition) is 7. The molecule has 10 nitrogen and oxygen atoms in total. The van der Waals surface area contributed by atoms with E-state index in [2.05, 4.69) is 20.0 Å². The molecule has 194 valence electrons. The number of amides is 1. The molecule has 0 spiro atoms. The lowest BCUT2D eigenvalue weighted by atomic mass is 10.1. The molecule has 1 aromatic carbocycles. The van der Waals surface area contributed by atoms with Crippen LogP contribution in [0.5, 0.6) is 5.75 Å². The Hall–Kier alpha value is -4.08. The molecule has 1 aliphatic heterocycles. The van der Waals surface area contributed by atoms with E-state index in [0.717, 1.165) is 54.2 Å². The van der Waals surface area contributed by atoms with Gasteiger partial charge in [-0.1, -0.05) is 19.0 Å². The van der Waals surface area contributed by atoms with Gasteiger partial charge in [0.1, 0.15) is 17.7 Å². The first kappa shape index (κ1) is 24.6. The standard InChI is InChI=1S/C27H32N6O4/c1-17(2)25-29-26(37-30-25)31-12-10-21(11-13-31)36-22-6-8-24(28-16-22)32-14-9-19-15-20(5-7-23(19)32)33(18(3)4)27(34)35/h5-9,14-18,21H,10-13H2,1-4H3,(H,34,35). The van der Waals surface area contributed by atoms with E-state index in [1.807, 2.05) is 74.9 Å². The van der Waals surface area contributed by atoms with Crippen molar-refractivity contribution < 1.29 is 19.2 Å². The Labute approximate surface area is 215 Å². The van der Waals surface area contributed by atoms with Crippen LogP contribution in [0, 0.1) is 0 Å². The number of carboxylic acid groups (broad SMARTS) is 1. The zero-order chi connectivity index (χ0) is 26.1. The van der Waals surface area contributed by atoms with Gasteiger partial charge in [0.05, 0.1) is 11.7 Å². The summed E-state index contributed by atoms with van der Waals surface area (Å²) in [5.74, 6) is 2.47. The lowest BCUT2D eigenvalue weighted by Crippen LogP contribution is -2.38. The highest BCUT2D eigenvalue weighted by atomic mass is 16.5. The maximum Gasteiger partial charge on any atom is 0.412 e. The largest absolute Gasteiger partial charge is 0.489 e. The van der Waals surface area contributed by atoms with Crippen LogP contribution < -0.4 is 14.5 Å². The first-order chi connectivity index (χ1) is 17.8. The van der Waals surface area contributed by atoms with E-state index in [-0.39, 0.29) is 18.1 Å². The number of anilines is 2. The molecular formula is C27H32N6O4. The predicted octanol–water partition coefficient (Wildman–Crippen LogP) is 5.47. The van der Waals surface area contributed by atoms with Crippen molar-refractivity contribution in [2.45, 2.75) is 58.6 Å². The van der Waals surface area contributed by atoms with E-state index in [1.54, 1.807) is 6.20 Å². The van der Waals surface area contributed by atoms with Crippen molar-refractivity contribution in [1.29, 1.82) is 0 Å². The SMILES string of the molecule is CC(C)c1noc(N2CCC(Oc3ccc(-n4ccc5cc(N(C(=O)O)C(C)C)ccc54)nc3)CC2)n1. The molecule has 4 heterocycles. The van der Waals surface area contributed by atoms with Crippen LogP contribution in [0.2, 0.25) is 0 Å². The molecule has 5 rings (SSSR count). The van der Waals surface area contributed by atoms with Crippen molar-refractivity contribution in [3.63, 3.8) is 0 Å². The fraction of sp³-hybridized carbons (Fsp3) is 0.407. The van der Waals surface area contributed by atoms with E-state index < -0.39 is 6.09 Å². The number of benzene rings is 1. The van der Waals surface area contributed by atoms with E-state index in [0.29, 0.717) is 11.7 Å². The Morgan fingerprint density at radius 1 is 1.14 bits per heavy atom. The van der Waals surface area contributed by atoms with Crippen molar-refractivity contribution in [3.05, 3.63) is 54.6 Å². The quantitative estimate of drug-likeness (QED) is 0.353. The van der Waals surface area contributed by atoms with E-state index in [1.165, 1.54) is 4.90 Å². The van der Waals surface area contributed by atoms with Crippen molar-refractivity contribution >= 4 is 28.7 Å². The van der Waals surface area contributed by atoms with Gasteiger partial charge in [-0.05, 0) is 50.2 Å². The van der Waals surface area contributed by atoms with Gasteiger partial charge in [-0.3, -0.25) is 4.90 Å². The van der Waals surface area contributed by atoms with Crippen LogP contribution in [0.25, 0.3) is 16.7 Å². The second-order valence-corrected chi connectivity index (χ2v) is 9.92. The van der Waals surface area contributed by atoms with Crippen molar-refractivity contribution in [2.24, 2.45) is 0 Å². The molecule has 0 atom stereocenters. The Bertz CT molecular complexity index is 1370. The van der Waals surface area contributed by atoms with Gasteiger partial charge >= 0.3 is 12.1 Å². The van der Waals surface area contributed by atoms with Crippen LogP contribution in [0.3, 0.4) is 0 Å². The number of carbonyl (C=O) groups is 1. The summed E-state index contributed by atoms with van der Waals surface area (Å²) in [6, 6.07) is 11.9. The highest BCUT2D eigenvalue weighted by molar-refractivity contribution is 5.92. The summed E-state index contributed by atoms with van der Waals surface area (Å²) >= 11 is 0. The zero-order valence-electron chi connectivity index (χ0n) is 21.5. The van der Waals surface area contributed by atoms with Crippen LogP contribution in [0.4, 0.5) is 16.5 Å². The molecule has 1 N–H and O–H groups in total. The number of pyridine rings is 1. The lowest BCUT2D eigenvalue weighted by molar-refractivity contribution is 0.168. The van der Waals surface area contributed by atoms with Gasteiger partial charge in [0, 0.05) is 55.2 Å². The molecule has 0 saturated carbocycles. The summed E-state index contributed by atoms with van der Waals surface area (Å²) in [4.78, 5) is 24.3. The fourth-order valence-corrected chi connectivity index (χ4v) is 4.64. The van der Waals surface area contributed by atoms with Crippen molar-refractivity contribution in [1.82, 2.24) is 19.7 Å². The molecule has 0 radical (unpaired) electrons. The average molecular weight is 505 g/mol. The minimum atomic E-state index is -0.966. The molecule has 0 unspecified atom stereocenters. The average Bonchev–Trinajstić information content (AvgIpc) is 3.52. The van der Waals surface area contributed by atoms with Gasteiger partial charge < -0.3 is 23.8 Å². The highest BCUT2D eigenvalue weighted by Crippen LogP contribution is 2.28. The molecule has 1 fully saturated rings. The number of ether oxygens (including phenoxy) is 1. The Morgan fingerprint density at radius 3 is 2.54 bits per heavy atom. The van der Waals surface area contributed by atoms with Gasteiger partial charge in [0.25, 0.3) is 0 Å². The fourth-order valence-electron chi connectivity index (χ4n) is 4.64. The minimum absolute atomic E-state index is 0.0976.